The Kier molecular flexibility index (Phi) is 11.7. The standard InChI is InChI=1S/C31H32ClF3N10O4.CH2O2/c1-42-23(21-17-45(41-25(21)31(33,34)35)24-7-10-37-30(40-24)49-2)16-38-26(42)27(46)39-19-3-4-20(22(32)15-19)29(48)44-13-11-43(12-14-44)28(47)18-5-8-36-9-6-18;2-1-3/h3-4,7,10,15-18,36H,5-6,8-9,11-14H2,1-2H3,(H,39,46);1H,(H,2,3). The second kappa shape index (κ2) is 16.2. The zero-order chi connectivity index (χ0) is 37.6. The first-order valence-corrected chi connectivity index (χ1v) is 16.3. The number of imidazole rings is 1. The smallest absolute Gasteiger partial charge is 0.435 e. The summed E-state index contributed by atoms with van der Waals surface area (Å²) in [6.07, 6.45) is 0.370. The SMILES string of the molecule is COc1nccc(-n2cc(-c3cnc(C(=O)Nc4ccc(C(=O)N5CCN(C(=O)C6CCNCC6)CC5)c(Cl)c4)n3C)c(C(F)(F)F)n2)n1.O=CO. The normalized spacial score (nSPS) is 15.0. The molecular weight excluding hydrogens is 713 g/mol. The maximum absolute atomic E-state index is 14.1. The predicted molar refractivity (Wildman–Crippen MR) is 179 cm³/mol. The van der Waals surface area contributed by atoms with Gasteiger partial charge in [0.25, 0.3) is 18.3 Å². The minimum Gasteiger partial charge on any atom is -0.483 e. The fourth-order valence-electron chi connectivity index (χ4n) is 5.90. The van der Waals surface area contributed by atoms with Crippen molar-refractivity contribution in [1.29, 1.82) is 0 Å². The van der Waals surface area contributed by atoms with Gasteiger partial charge in [-0.2, -0.15) is 23.3 Å². The van der Waals surface area contributed by atoms with Crippen molar-refractivity contribution < 1.29 is 42.2 Å². The number of halogens is 4. The Balaban J connectivity index is 0.00000168. The molecule has 3 N–H and O–H groups in total. The Hall–Kier alpha value is -5.56. The molecule has 4 aromatic rings. The largest absolute Gasteiger partial charge is 0.483 e. The van der Waals surface area contributed by atoms with Crippen molar-refractivity contribution >= 4 is 41.5 Å². The van der Waals surface area contributed by atoms with Crippen LogP contribution in [0.2, 0.25) is 5.02 Å². The van der Waals surface area contributed by atoms with Gasteiger partial charge in [-0.15, -0.1) is 0 Å². The minimum atomic E-state index is -4.84. The number of rotatable bonds is 7. The van der Waals surface area contributed by atoms with E-state index in [1.54, 1.807) is 4.90 Å². The number of methoxy groups -OCH3 is 1. The Morgan fingerprint density at radius 1 is 1.08 bits per heavy atom. The van der Waals surface area contributed by atoms with Crippen molar-refractivity contribution in [3.8, 4) is 23.1 Å². The first-order chi connectivity index (χ1) is 24.9. The lowest BCUT2D eigenvalue weighted by Crippen LogP contribution is -2.52. The Labute approximate surface area is 299 Å². The molecule has 276 valence electrons. The van der Waals surface area contributed by atoms with Crippen molar-refractivity contribution in [2.45, 2.75) is 19.0 Å². The summed E-state index contributed by atoms with van der Waals surface area (Å²) in [4.78, 5) is 63.2. The van der Waals surface area contributed by atoms with Crippen LogP contribution in [-0.2, 0) is 22.8 Å². The van der Waals surface area contributed by atoms with Gasteiger partial charge in [-0.3, -0.25) is 19.2 Å². The van der Waals surface area contributed by atoms with Crippen LogP contribution in [0.5, 0.6) is 6.01 Å². The van der Waals surface area contributed by atoms with Gasteiger partial charge in [0.1, 0.15) is 0 Å². The molecule has 20 heteroatoms. The van der Waals surface area contributed by atoms with Gasteiger partial charge in [0.15, 0.2) is 17.3 Å². The molecule has 2 saturated heterocycles. The quantitative estimate of drug-likeness (QED) is 0.236. The van der Waals surface area contributed by atoms with Gasteiger partial charge in [0.05, 0.1) is 35.2 Å². The number of carbonyl (C=O) groups excluding carboxylic acids is 3. The number of aromatic nitrogens is 6. The molecule has 16 nitrogen and oxygen atoms in total. The van der Waals surface area contributed by atoms with E-state index in [2.05, 4.69) is 30.7 Å². The number of carboxylic acid groups (broad SMARTS) is 1. The highest BCUT2D eigenvalue weighted by Crippen LogP contribution is 2.37. The number of hydrogen-bond acceptors (Lipinski definition) is 10. The summed E-state index contributed by atoms with van der Waals surface area (Å²) in [5.41, 5.74) is -1.09. The number of nitrogens with zero attached hydrogens (tertiary/aromatic N) is 8. The Bertz CT molecular complexity index is 1940. The maximum Gasteiger partial charge on any atom is 0.435 e. The molecule has 6 rings (SSSR count). The van der Waals surface area contributed by atoms with Crippen molar-refractivity contribution in [1.82, 2.24) is 44.4 Å². The number of hydrogen-bond donors (Lipinski definition) is 3. The second-order valence-electron chi connectivity index (χ2n) is 11.7. The van der Waals surface area contributed by atoms with E-state index < -0.39 is 17.8 Å². The van der Waals surface area contributed by atoms with Gasteiger partial charge in [-0.25, -0.2) is 14.6 Å². The number of anilines is 1. The number of nitrogens with one attached hydrogen (secondary N) is 2. The summed E-state index contributed by atoms with van der Waals surface area (Å²) < 4.78 is 49.3. The van der Waals surface area contributed by atoms with E-state index in [0.29, 0.717) is 26.2 Å². The third-order valence-corrected chi connectivity index (χ3v) is 8.82. The van der Waals surface area contributed by atoms with Crippen LogP contribution in [0.25, 0.3) is 17.1 Å². The van der Waals surface area contributed by atoms with Crippen LogP contribution in [0, 0.1) is 5.92 Å². The van der Waals surface area contributed by atoms with Crippen LogP contribution in [0.1, 0.15) is 39.5 Å². The van der Waals surface area contributed by atoms with Crippen molar-refractivity contribution in [3.05, 3.63) is 65.0 Å². The number of alkyl halides is 3. The number of piperazine rings is 1. The first kappa shape index (κ1) is 37.7. The molecule has 2 aliphatic heterocycles. The molecule has 0 saturated carbocycles. The van der Waals surface area contributed by atoms with E-state index in [0.717, 1.165) is 43.0 Å². The highest BCUT2D eigenvalue weighted by molar-refractivity contribution is 6.34. The van der Waals surface area contributed by atoms with E-state index in [-0.39, 0.29) is 69.4 Å². The summed E-state index contributed by atoms with van der Waals surface area (Å²) in [5.74, 6) is -1.03. The van der Waals surface area contributed by atoms with Gasteiger partial charge in [-0.05, 0) is 44.1 Å². The topological polar surface area (TPSA) is 190 Å². The van der Waals surface area contributed by atoms with E-state index in [4.69, 9.17) is 26.2 Å². The lowest BCUT2D eigenvalue weighted by Gasteiger charge is -2.37. The van der Waals surface area contributed by atoms with Gasteiger partial charge < -0.3 is 34.8 Å². The third-order valence-electron chi connectivity index (χ3n) is 8.51. The average molecular weight is 747 g/mol. The lowest BCUT2D eigenvalue weighted by molar-refractivity contribution is -0.141. The molecule has 3 amide bonds. The van der Waals surface area contributed by atoms with Crippen molar-refractivity contribution in [2.24, 2.45) is 13.0 Å². The summed E-state index contributed by atoms with van der Waals surface area (Å²) in [7, 11) is 2.72. The van der Waals surface area contributed by atoms with E-state index in [1.165, 1.54) is 49.2 Å². The molecule has 5 heterocycles. The fourth-order valence-corrected chi connectivity index (χ4v) is 6.16. The van der Waals surface area contributed by atoms with Crippen molar-refractivity contribution in [3.63, 3.8) is 0 Å². The van der Waals surface area contributed by atoms with E-state index in [1.807, 2.05) is 4.90 Å². The fraction of sp³-hybridized carbons (Fsp3) is 0.375. The molecule has 0 bridgehead atoms. The zero-order valence-corrected chi connectivity index (χ0v) is 28.7. The monoisotopic (exact) mass is 746 g/mol. The maximum atomic E-state index is 14.1. The van der Waals surface area contributed by atoms with Gasteiger partial charge in [-0.1, -0.05) is 11.6 Å². The van der Waals surface area contributed by atoms with Gasteiger partial charge in [0.2, 0.25) is 5.91 Å². The van der Waals surface area contributed by atoms with Gasteiger partial charge >= 0.3 is 12.2 Å². The molecule has 0 spiro atoms. The predicted octanol–water partition coefficient (Wildman–Crippen LogP) is 2.98. The molecule has 1 aromatic carbocycles. The zero-order valence-electron chi connectivity index (χ0n) is 27.9. The summed E-state index contributed by atoms with van der Waals surface area (Å²) in [6.45, 7) is 3.01. The summed E-state index contributed by atoms with van der Waals surface area (Å²) in [6, 6.07) is 5.71. The van der Waals surface area contributed by atoms with Crippen LogP contribution >= 0.6 is 11.6 Å². The highest BCUT2D eigenvalue weighted by Gasteiger charge is 2.39. The summed E-state index contributed by atoms with van der Waals surface area (Å²) >= 11 is 6.48. The summed E-state index contributed by atoms with van der Waals surface area (Å²) in [5, 5.41) is 16.6. The van der Waals surface area contributed by atoms with Crippen LogP contribution in [0.3, 0.4) is 0 Å². The van der Waals surface area contributed by atoms with Crippen LogP contribution in [0.15, 0.2) is 42.9 Å². The van der Waals surface area contributed by atoms with E-state index >= 15 is 0 Å². The average Bonchev–Trinajstić information content (AvgIpc) is 3.76. The minimum absolute atomic E-state index is 0.00893. The molecule has 3 aromatic heterocycles. The number of piperidine rings is 1. The number of amides is 3. The van der Waals surface area contributed by atoms with Gasteiger partial charge in [0, 0.05) is 63.3 Å². The molecular formula is C32H34ClF3N10O6. The third kappa shape index (κ3) is 8.31. The molecule has 0 radical (unpaired) electrons. The highest BCUT2D eigenvalue weighted by atomic mass is 35.5. The first-order valence-electron chi connectivity index (χ1n) is 15.9. The van der Waals surface area contributed by atoms with Crippen LogP contribution in [-0.4, -0.2) is 115 Å². The molecule has 0 atom stereocenters. The lowest BCUT2D eigenvalue weighted by atomic mass is 9.96. The van der Waals surface area contributed by atoms with Crippen LogP contribution in [0.4, 0.5) is 18.9 Å². The second-order valence-corrected chi connectivity index (χ2v) is 12.1. The molecule has 2 aliphatic rings. The Morgan fingerprint density at radius 3 is 2.38 bits per heavy atom. The number of benzene rings is 1. The Morgan fingerprint density at radius 2 is 1.75 bits per heavy atom. The van der Waals surface area contributed by atoms with Crippen LogP contribution < -0.4 is 15.4 Å². The van der Waals surface area contributed by atoms with Crippen molar-refractivity contribution in [2.75, 3.05) is 51.7 Å². The number of carbonyl (C=O) groups is 4. The molecule has 0 unspecified atom stereocenters. The number of ether oxygens (including phenoxy) is 1. The molecule has 52 heavy (non-hydrogen) atoms. The molecule has 2 fully saturated rings. The van der Waals surface area contributed by atoms with E-state index in [9.17, 15) is 27.6 Å². The molecule has 0 aliphatic carbocycles.